The van der Waals surface area contributed by atoms with Crippen LogP contribution < -0.4 is 10.6 Å². The van der Waals surface area contributed by atoms with Gasteiger partial charge >= 0.3 is 0 Å². The van der Waals surface area contributed by atoms with Gasteiger partial charge < -0.3 is 10.6 Å². The first-order valence-electron chi connectivity index (χ1n) is 6.69. The SMILES string of the molecule is Cc1nc(NC2CCNC2)cc(-c2ccccc2)n1. The van der Waals surface area contributed by atoms with Gasteiger partial charge in [-0.05, 0) is 19.9 Å². The molecule has 2 heterocycles. The van der Waals surface area contributed by atoms with Crippen molar-refractivity contribution in [3.8, 4) is 11.3 Å². The summed E-state index contributed by atoms with van der Waals surface area (Å²) in [6.45, 7) is 4.02. The number of nitrogens with zero attached hydrogens (tertiary/aromatic N) is 2. The van der Waals surface area contributed by atoms with Crippen LogP contribution in [-0.4, -0.2) is 29.1 Å². The Morgan fingerprint density at radius 3 is 2.79 bits per heavy atom. The first-order valence-corrected chi connectivity index (χ1v) is 6.69. The van der Waals surface area contributed by atoms with Crippen molar-refractivity contribution in [2.45, 2.75) is 19.4 Å². The molecule has 0 saturated carbocycles. The zero-order valence-corrected chi connectivity index (χ0v) is 11.1. The van der Waals surface area contributed by atoms with E-state index in [2.05, 4.69) is 32.7 Å². The smallest absolute Gasteiger partial charge is 0.130 e. The van der Waals surface area contributed by atoms with Crippen molar-refractivity contribution in [1.29, 1.82) is 0 Å². The average Bonchev–Trinajstić information content (AvgIpc) is 2.92. The first kappa shape index (κ1) is 12.1. The van der Waals surface area contributed by atoms with E-state index < -0.39 is 0 Å². The Morgan fingerprint density at radius 2 is 2.05 bits per heavy atom. The van der Waals surface area contributed by atoms with Gasteiger partial charge in [0.1, 0.15) is 11.6 Å². The molecule has 2 aromatic rings. The number of anilines is 1. The normalized spacial score (nSPS) is 18.5. The molecule has 1 aliphatic heterocycles. The van der Waals surface area contributed by atoms with Crippen molar-refractivity contribution in [2.24, 2.45) is 0 Å². The molecule has 4 nitrogen and oxygen atoms in total. The Balaban J connectivity index is 1.87. The third-order valence-electron chi connectivity index (χ3n) is 3.32. The first-order chi connectivity index (χ1) is 9.31. The molecule has 0 aliphatic carbocycles. The highest BCUT2D eigenvalue weighted by atomic mass is 15.1. The molecule has 1 atom stereocenters. The molecule has 1 saturated heterocycles. The molecular formula is C15H18N4. The Kier molecular flexibility index (Phi) is 3.42. The number of hydrogen-bond donors (Lipinski definition) is 2. The van der Waals surface area contributed by atoms with E-state index in [1.165, 1.54) is 0 Å². The van der Waals surface area contributed by atoms with Gasteiger partial charge in [0.2, 0.25) is 0 Å². The van der Waals surface area contributed by atoms with Gasteiger partial charge in [-0.1, -0.05) is 30.3 Å². The summed E-state index contributed by atoms with van der Waals surface area (Å²) in [5, 5.41) is 6.83. The monoisotopic (exact) mass is 254 g/mol. The summed E-state index contributed by atoms with van der Waals surface area (Å²) in [7, 11) is 0. The predicted octanol–water partition coefficient (Wildman–Crippen LogP) is 2.23. The summed E-state index contributed by atoms with van der Waals surface area (Å²) < 4.78 is 0. The maximum absolute atomic E-state index is 4.51. The highest BCUT2D eigenvalue weighted by Crippen LogP contribution is 2.20. The Morgan fingerprint density at radius 1 is 1.21 bits per heavy atom. The van der Waals surface area contributed by atoms with Crippen LogP contribution in [0.4, 0.5) is 5.82 Å². The van der Waals surface area contributed by atoms with E-state index in [9.17, 15) is 0 Å². The Hall–Kier alpha value is -1.94. The van der Waals surface area contributed by atoms with Crippen LogP contribution in [0.2, 0.25) is 0 Å². The Bertz CT molecular complexity index is 547. The van der Waals surface area contributed by atoms with Gasteiger partial charge in [-0.15, -0.1) is 0 Å². The van der Waals surface area contributed by atoms with Crippen molar-refractivity contribution in [2.75, 3.05) is 18.4 Å². The number of hydrogen-bond acceptors (Lipinski definition) is 4. The summed E-state index contributed by atoms with van der Waals surface area (Å²) in [4.78, 5) is 8.98. The van der Waals surface area contributed by atoms with Crippen LogP contribution in [0.25, 0.3) is 11.3 Å². The van der Waals surface area contributed by atoms with Crippen LogP contribution in [0.15, 0.2) is 36.4 Å². The number of benzene rings is 1. The fraction of sp³-hybridized carbons (Fsp3) is 0.333. The van der Waals surface area contributed by atoms with E-state index in [0.29, 0.717) is 6.04 Å². The maximum atomic E-state index is 4.51. The quantitative estimate of drug-likeness (QED) is 0.882. The van der Waals surface area contributed by atoms with Gasteiger partial charge in [-0.2, -0.15) is 0 Å². The molecule has 0 amide bonds. The highest BCUT2D eigenvalue weighted by molar-refractivity contribution is 5.62. The van der Waals surface area contributed by atoms with Gasteiger partial charge in [0, 0.05) is 24.2 Å². The molecule has 0 spiro atoms. The molecule has 1 fully saturated rings. The predicted molar refractivity (Wildman–Crippen MR) is 77.1 cm³/mol. The number of aromatic nitrogens is 2. The Labute approximate surface area is 113 Å². The summed E-state index contributed by atoms with van der Waals surface area (Å²) in [5.41, 5.74) is 2.10. The minimum absolute atomic E-state index is 0.470. The van der Waals surface area contributed by atoms with E-state index in [0.717, 1.165) is 42.4 Å². The zero-order chi connectivity index (χ0) is 13.1. The highest BCUT2D eigenvalue weighted by Gasteiger charge is 2.15. The standard InChI is InChI=1S/C15H18N4/c1-11-17-14(12-5-3-2-4-6-12)9-15(18-11)19-13-7-8-16-10-13/h2-6,9,13,16H,7-8,10H2,1H3,(H,17,18,19). The molecule has 3 rings (SSSR count). The fourth-order valence-electron chi connectivity index (χ4n) is 2.39. The zero-order valence-electron chi connectivity index (χ0n) is 11.1. The van der Waals surface area contributed by atoms with E-state index >= 15 is 0 Å². The third-order valence-corrected chi connectivity index (χ3v) is 3.32. The molecule has 2 N–H and O–H groups in total. The van der Waals surface area contributed by atoms with Crippen molar-refractivity contribution >= 4 is 5.82 Å². The summed E-state index contributed by atoms with van der Waals surface area (Å²) in [5.74, 6) is 1.72. The largest absolute Gasteiger partial charge is 0.366 e. The number of aryl methyl sites for hydroxylation is 1. The van der Waals surface area contributed by atoms with Crippen LogP contribution in [-0.2, 0) is 0 Å². The lowest BCUT2D eigenvalue weighted by molar-refractivity contribution is 0.785. The molecule has 1 unspecified atom stereocenters. The average molecular weight is 254 g/mol. The van der Waals surface area contributed by atoms with Gasteiger partial charge in [0.15, 0.2) is 0 Å². The van der Waals surface area contributed by atoms with Crippen LogP contribution >= 0.6 is 0 Å². The van der Waals surface area contributed by atoms with Gasteiger partial charge in [0.25, 0.3) is 0 Å². The molecule has 1 aromatic carbocycles. The van der Waals surface area contributed by atoms with E-state index in [-0.39, 0.29) is 0 Å². The van der Waals surface area contributed by atoms with Crippen LogP contribution in [0.3, 0.4) is 0 Å². The van der Waals surface area contributed by atoms with Gasteiger partial charge in [-0.3, -0.25) is 0 Å². The molecular weight excluding hydrogens is 236 g/mol. The molecule has 19 heavy (non-hydrogen) atoms. The number of rotatable bonds is 3. The van der Waals surface area contributed by atoms with Crippen molar-refractivity contribution in [1.82, 2.24) is 15.3 Å². The van der Waals surface area contributed by atoms with E-state index in [1.807, 2.05) is 31.2 Å². The van der Waals surface area contributed by atoms with E-state index in [4.69, 9.17) is 0 Å². The minimum atomic E-state index is 0.470. The molecule has 4 heteroatoms. The second kappa shape index (κ2) is 5.36. The molecule has 1 aromatic heterocycles. The molecule has 98 valence electrons. The second-order valence-electron chi connectivity index (χ2n) is 4.89. The van der Waals surface area contributed by atoms with Crippen molar-refractivity contribution < 1.29 is 0 Å². The molecule has 0 bridgehead atoms. The lowest BCUT2D eigenvalue weighted by Crippen LogP contribution is -2.22. The fourth-order valence-corrected chi connectivity index (χ4v) is 2.39. The van der Waals surface area contributed by atoms with Crippen LogP contribution in [0.1, 0.15) is 12.2 Å². The topological polar surface area (TPSA) is 49.8 Å². The summed E-state index contributed by atoms with van der Waals surface area (Å²) in [6, 6.07) is 12.7. The second-order valence-corrected chi connectivity index (χ2v) is 4.89. The van der Waals surface area contributed by atoms with Crippen LogP contribution in [0, 0.1) is 6.92 Å². The van der Waals surface area contributed by atoms with Crippen LogP contribution in [0.5, 0.6) is 0 Å². The molecule has 0 radical (unpaired) electrons. The third kappa shape index (κ3) is 2.90. The van der Waals surface area contributed by atoms with Gasteiger partial charge in [0.05, 0.1) is 5.69 Å². The minimum Gasteiger partial charge on any atom is -0.366 e. The lowest BCUT2D eigenvalue weighted by Gasteiger charge is -2.13. The molecule has 1 aliphatic rings. The number of nitrogens with one attached hydrogen (secondary N) is 2. The summed E-state index contributed by atoms with van der Waals surface area (Å²) in [6.07, 6.45) is 1.14. The maximum Gasteiger partial charge on any atom is 0.130 e. The van der Waals surface area contributed by atoms with Crippen molar-refractivity contribution in [3.05, 3.63) is 42.2 Å². The van der Waals surface area contributed by atoms with Crippen molar-refractivity contribution in [3.63, 3.8) is 0 Å². The van der Waals surface area contributed by atoms with E-state index in [1.54, 1.807) is 0 Å². The van der Waals surface area contributed by atoms with Gasteiger partial charge in [-0.25, -0.2) is 9.97 Å². The lowest BCUT2D eigenvalue weighted by atomic mass is 10.1. The summed E-state index contributed by atoms with van der Waals surface area (Å²) >= 11 is 0.